The van der Waals surface area contributed by atoms with Crippen molar-refractivity contribution in [2.75, 3.05) is 0 Å². The molecule has 2 aliphatic carbocycles. The van der Waals surface area contributed by atoms with Gasteiger partial charge in [0.15, 0.2) is 11.2 Å². The smallest absolute Gasteiger partial charge is 0.332 e. The van der Waals surface area contributed by atoms with E-state index < -0.39 is 23.0 Å². The molecule has 2 fully saturated rings. The number of aliphatic hydroxyl groups is 2. The molecule has 0 saturated heterocycles. The summed E-state index contributed by atoms with van der Waals surface area (Å²) >= 11 is 0. The first-order valence-corrected chi connectivity index (χ1v) is 6.91. The van der Waals surface area contributed by atoms with Crippen LogP contribution in [0.5, 0.6) is 0 Å². The van der Waals surface area contributed by atoms with Gasteiger partial charge in [-0.15, -0.1) is 0 Å². The molecule has 2 aromatic rings. The number of rotatable bonds is 1. The van der Waals surface area contributed by atoms with Crippen molar-refractivity contribution in [2.45, 2.75) is 30.6 Å². The Bertz CT molecular complexity index is 879. The molecule has 2 heterocycles. The maximum absolute atomic E-state index is 12.4. The molecular weight excluding hydrogens is 276 g/mol. The van der Waals surface area contributed by atoms with Crippen LogP contribution in [0.4, 0.5) is 0 Å². The van der Waals surface area contributed by atoms with Gasteiger partial charge in [-0.2, -0.15) is 0 Å². The highest BCUT2D eigenvalue weighted by Crippen LogP contribution is 2.64. The molecule has 0 amide bonds. The Labute approximate surface area is 118 Å². The fourth-order valence-electron chi connectivity index (χ4n) is 3.84. The minimum absolute atomic E-state index is 0.267. The number of imidazole rings is 1. The Balaban J connectivity index is 1.98. The first-order valence-electron chi connectivity index (χ1n) is 6.91. The molecule has 0 bridgehead atoms. The first kappa shape index (κ1) is 12.8. The number of fused-ring (bicyclic) bond motifs is 2. The van der Waals surface area contributed by atoms with E-state index in [1.807, 2.05) is 0 Å². The lowest BCUT2D eigenvalue weighted by Crippen LogP contribution is -2.37. The van der Waals surface area contributed by atoms with Gasteiger partial charge in [-0.3, -0.25) is 13.9 Å². The monoisotopic (exact) mass is 292 g/mol. The topological polar surface area (TPSA) is 102 Å². The van der Waals surface area contributed by atoms with E-state index in [0.29, 0.717) is 24.0 Å². The Morgan fingerprint density at radius 2 is 2.05 bits per heavy atom. The maximum atomic E-state index is 12.4. The summed E-state index contributed by atoms with van der Waals surface area (Å²) in [6.07, 6.45) is 1.99. The van der Waals surface area contributed by atoms with Crippen LogP contribution in [0, 0.1) is 5.92 Å². The summed E-state index contributed by atoms with van der Waals surface area (Å²) in [5, 5.41) is 20.5. The minimum Gasteiger partial charge on any atom is -0.393 e. The fraction of sp³-hybridized carbons (Fsp3) is 0.615. The molecule has 0 aliphatic heterocycles. The van der Waals surface area contributed by atoms with Gasteiger partial charge < -0.3 is 14.8 Å². The number of hydrogen-bond acceptors (Lipinski definition) is 5. The summed E-state index contributed by atoms with van der Waals surface area (Å²) in [7, 11) is 2.97. The summed E-state index contributed by atoms with van der Waals surface area (Å²) in [4.78, 5) is 28.4. The number of aryl methyl sites for hydroxylation is 1. The van der Waals surface area contributed by atoms with Crippen molar-refractivity contribution in [1.29, 1.82) is 0 Å². The van der Waals surface area contributed by atoms with Crippen LogP contribution in [-0.4, -0.2) is 40.6 Å². The molecule has 8 heteroatoms. The van der Waals surface area contributed by atoms with E-state index in [9.17, 15) is 19.8 Å². The second-order valence-corrected chi connectivity index (χ2v) is 6.10. The molecule has 0 spiro atoms. The molecule has 2 aliphatic rings. The molecule has 21 heavy (non-hydrogen) atoms. The second kappa shape index (κ2) is 3.63. The summed E-state index contributed by atoms with van der Waals surface area (Å²) in [6, 6.07) is -0.351. The largest absolute Gasteiger partial charge is 0.393 e. The lowest BCUT2D eigenvalue weighted by molar-refractivity contribution is 0.122. The Hall–Kier alpha value is -1.93. The molecule has 8 nitrogen and oxygen atoms in total. The van der Waals surface area contributed by atoms with Crippen molar-refractivity contribution in [1.82, 2.24) is 18.7 Å². The Morgan fingerprint density at radius 1 is 1.33 bits per heavy atom. The average molecular weight is 292 g/mol. The van der Waals surface area contributed by atoms with E-state index in [2.05, 4.69) is 4.98 Å². The predicted molar refractivity (Wildman–Crippen MR) is 72.9 cm³/mol. The van der Waals surface area contributed by atoms with Crippen molar-refractivity contribution >= 4 is 11.2 Å². The van der Waals surface area contributed by atoms with Crippen molar-refractivity contribution in [3.05, 3.63) is 27.2 Å². The van der Waals surface area contributed by atoms with Gasteiger partial charge in [-0.25, -0.2) is 9.78 Å². The zero-order valence-corrected chi connectivity index (χ0v) is 11.7. The fourth-order valence-corrected chi connectivity index (χ4v) is 3.84. The van der Waals surface area contributed by atoms with E-state index in [-0.39, 0.29) is 12.0 Å². The lowest BCUT2D eigenvalue weighted by atomic mass is 10.2. The van der Waals surface area contributed by atoms with Gasteiger partial charge in [0.05, 0.1) is 24.1 Å². The maximum Gasteiger partial charge on any atom is 0.332 e. The van der Waals surface area contributed by atoms with E-state index in [0.717, 1.165) is 4.57 Å². The number of hydrogen-bond donors (Lipinski definition) is 2. The highest BCUT2D eigenvalue weighted by molar-refractivity contribution is 5.70. The average Bonchev–Trinajstić information content (AvgIpc) is 2.75. The zero-order chi connectivity index (χ0) is 15.1. The molecule has 4 unspecified atom stereocenters. The molecule has 2 N–H and O–H groups in total. The van der Waals surface area contributed by atoms with Crippen molar-refractivity contribution in [3.63, 3.8) is 0 Å². The normalized spacial score (nSPS) is 34.4. The van der Waals surface area contributed by atoms with E-state index in [4.69, 9.17) is 0 Å². The van der Waals surface area contributed by atoms with Crippen LogP contribution in [-0.2, 0) is 14.1 Å². The van der Waals surface area contributed by atoms with Crippen LogP contribution >= 0.6 is 0 Å². The predicted octanol–water partition coefficient (Wildman–Crippen LogP) is -1.51. The van der Waals surface area contributed by atoms with Crippen LogP contribution in [0.25, 0.3) is 11.2 Å². The van der Waals surface area contributed by atoms with Gasteiger partial charge in [0.1, 0.15) is 0 Å². The van der Waals surface area contributed by atoms with Crippen molar-refractivity contribution in [2.24, 2.45) is 20.0 Å². The third-order valence-electron chi connectivity index (χ3n) is 5.05. The van der Waals surface area contributed by atoms with E-state index in [1.165, 1.54) is 17.9 Å². The number of aliphatic hydroxyl groups excluding tert-OH is 1. The van der Waals surface area contributed by atoms with Gasteiger partial charge in [0.2, 0.25) is 0 Å². The van der Waals surface area contributed by atoms with Crippen LogP contribution in [0.3, 0.4) is 0 Å². The molecule has 4 rings (SSSR count). The minimum atomic E-state index is -0.966. The lowest BCUT2D eigenvalue weighted by Gasteiger charge is -2.12. The molecule has 0 aromatic carbocycles. The second-order valence-electron chi connectivity index (χ2n) is 6.10. The third kappa shape index (κ3) is 1.34. The highest BCUT2D eigenvalue weighted by atomic mass is 16.3. The van der Waals surface area contributed by atoms with Crippen LogP contribution < -0.4 is 11.2 Å². The quantitative estimate of drug-likeness (QED) is 0.665. The summed E-state index contributed by atoms with van der Waals surface area (Å²) in [5.41, 5.74) is -1.25. The van der Waals surface area contributed by atoms with E-state index >= 15 is 0 Å². The van der Waals surface area contributed by atoms with Gasteiger partial charge in [-0.1, -0.05) is 0 Å². The van der Waals surface area contributed by atoms with Crippen molar-refractivity contribution < 1.29 is 10.2 Å². The Morgan fingerprint density at radius 3 is 2.67 bits per heavy atom. The molecule has 0 radical (unpaired) electrons. The Kier molecular flexibility index (Phi) is 2.21. The summed E-state index contributed by atoms with van der Waals surface area (Å²) < 4.78 is 3.95. The SMILES string of the molecule is Cn1c(=O)c2c(ncn2C2C3C(O)CCC32O)n(C)c1=O. The zero-order valence-electron chi connectivity index (χ0n) is 11.7. The van der Waals surface area contributed by atoms with Crippen molar-refractivity contribution in [3.8, 4) is 0 Å². The molecule has 4 atom stereocenters. The van der Waals surface area contributed by atoms with Gasteiger partial charge in [-0.05, 0) is 12.8 Å². The molecular formula is C13H16N4O4. The van der Waals surface area contributed by atoms with Gasteiger partial charge >= 0.3 is 5.69 Å². The molecule has 2 saturated carbocycles. The van der Waals surface area contributed by atoms with Crippen LogP contribution in [0.15, 0.2) is 15.9 Å². The summed E-state index contributed by atoms with van der Waals surface area (Å²) in [6.45, 7) is 0. The molecule has 112 valence electrons. The number of aromatic nitrogens is 4. The van der Waals surface area contributed by atoms with E-state index in [1.54, 1.807) is 11.6 Å². The van der Waals surface area contributed by atoms with Crippen LogP contribution in [0.2, 0.25) is 0 Å². The standard InChI is InChI=1S/C13H16N4O4/c1-15-10-8(11(19)16(2)12(15)20)17(5-14-10)9-7-6(18)3-4-13(7,9)21/h5-7,9,18,21H,3-4H2,1-2H3. The third-order valence-corrected chi connectivity index (χ3v) is 5.05. The molecule has 2 aromatic heterocycles. The summed E-state index contributed by atoms with van der Waals surface area (Å²) in [5.74, 6) is -0.267. The van der Waals surface area contributed by atoms with Crippen LogP contribution in [0.1, 0.15) is 18.9 Å². The highest BCUT2D eigenvalue weighted by Gasteiger charge is 2.71. The van der Waals surface area contributed by atoms with Gasteiger partial charge in [0.25, 0.3) is 5.56 Å². The first-order chi connectivity index (χ1) is 9.88. The number of nitrogens with zero attached hydrogens (tertiary/aromatic N) is 4. The van der Waals surface area contributed by atoms with Gasteiger partial charge in [0, 0.05) is 20.0 Å².